The summed E-state index contributed by atoms with van der Waals surface area (Å²) in [6.45, 7) is 5.32. The molecule has 4 atom stereocenters. The van der Waals surface area contributed by atoms with Crippen LogP contribution in [0.5, 0.6) is 0 Å². The summed E-state index contributed by atoms with van der Waals surface area (Å²) in [6.07, 6.45) is 2.48. The van der Waals surface area contributed by atoms with E-state index in [0.717, 1.165) is 17.7 Å². The van der Waals surface area contributed by atoms with Crippen molar-refractivity contribution in [3.63, 3.8) is 0 Å². The average molecular weight is 314 g/mol. The summed E-state index contributed by atoms with van der Waals surface area (Å²) in [6, 6.07) is 10.3. The van der Waals surface area contributed by atoms with Crippen LogP contribution in [0.4, 0.5) is 0 Å². The van der Waals surface area contributed by atoms with E-state index < -0.39 is 0 Å². The number of ether oxygens (including phenoxy) is 3. The number of hydrogen-bond donors (Lipinski definition) is 0. The molecule has 0 unspecified atom stereocenters. The van der Waals surface area contributed by atoms with Crippen molar-refractivity contribution in [1.82, 2.24) is 0 Å². The molecule has 2 aromatic rings. The van der Waals surface area contributed by atoms with Gasteiger partial charge in [-0.2, -0.15) is 0 Å². The van der Waals surface area contributed by atoms with Crippen LogP contribution in [-0.2, 0) is 27.4 Å². The number of furan rings is 1. The van der Waals surface area contributed by atoms with Gasteiger partial charge in [0.25, 0.3) is 0 Å². The maximum Gasteiger partial charge on any atom is 0.135 e. The molecule has 1 fully saturated rings. The van der Waals surface area contributed by atoms with Crippen molar-refractivity contribution in [2.45, 2.75) is 57.9 Å². The zero-order valence-electron chi connectivity index (χ0n) is 13.5. The van der Waals surface area contributed by atoms with Crippen molar-refractivity contribution in [2.24, 2.45) is 0 Å². The number of hydrogen-bond acceptors (Lipinski definition) is 4. The Morgan fingerprint density at radius 2 is 2.09 bits per heavy atom. The van der Waals surface area contributed by atoms with Gasteiger partial charge < -0.3 is 18.6 Å². The molecular weight excluding hydrogens is 292 g/mol. The first-order valence-corrected chi connectivity index (χ1v) is 8.27. The molecule has 0 spiro atoms. The highest BCUT2D eigenvalue weighted by atomic mass is 16.6. The van der Waals surface area contributed by atoms with Crippen LogP contribution < -0.4 is 0 Å². The Kier molecular flexibility index (Phi) is 3.97. The minimum absolute atomic E-state index is 0.0485. The van der Waals surface area contributed by atoms with Crippen LogP contribution in [0.1, 0.15) is 41.9 Å². The molecule has 0 saturated carbocycles. The minimum Gasteiger partial charge on any atom is -0.466 e. The van der Waals surface area contributed by atoms with Crippen LogP contribution in [0, 0.1) is 6.92 Å². The third-order valence-electron chi connectivity index (χ3n) is 4.90. The van der Waals surface area contributed by atoms with Crippen molar-refractivity contribution >= 4 is 0 Å². The highest BCUT2D eigenvalue weighted by molar-refractivity contribution is 5.26. The summed E-state index contributed by atoms with van der Waals surface area (Å²) in [5, 5.41) is 0. The lowest BCUT2D eigenvalue weighted by atomic mass is 9.98. The summed E-state index contributed by atoms with van der Waals surface area (Å²) >= 11 is 0. The lowest BCUT2D eigenvalue weighted by Gasteiger charge is -2.27. The fourth-order valence-corrected chi connectivity index (χ4v) is 3.54. The Morgan fingerprint density at radius 3 is 2.91 bits per heavy atom. The normalized spacial score (nSPS) is 29.3. The van der Waals surface area contributed by atoms with Crippen LogP contribution in [0.25, 0.3) is 0 Å². The van der Waals surface area contributed by atoms with Gasteiger partial charge in [-0.15, -0.1) is 0 Å². The van der Waals surface area contributed by atoms with E-state index in [1.807, 2.05) is 18.2 Å². The molecule has 3 heterocycles. The Bertz CT molecular complexity index is 678. The molecule has 0 aliphatic carbocycles. The molecule has 0 bridgehead atoms. The van der Waals surface area contributed by atoms with E-state index in [0.29, 0.717) is 13.2 Å². The van der Waals surface area contributed by atoms with Gasteiger partial charge in [-0.1, -0.05) is 31.2 Å². The van der Waals surface area contributed by atoms with Gasteiger partial charge in [0, 0.05) is 5.56 Å². The summed E-state index contributed by atoms with van der Waals surface area (Å²) in [4.78, 5) is 0. The number of benzene rings is 1. The first kappa shape index (κ1) is 14.9. The molecule has 4 rings (SSSR count). The first-order chi connectivity index (χ1) is 11.3. The first-order valence-electron chi connectivity index (χ1n) is 8.27. The van der Waals surface area contributed by atoms with Crippen LogP contribution in [0.15, 0.2) is 41.0 Å². The van der Waals surface area contributed by atoms with Crippen LogP contribution in [0.3, 0.4) is 0 Å². The quantitative estimate of drug-likeness (QED) is 0.857. The molecule has 2 aliphatic rings. The van der Waals surface area contributed by atoms with E-state index in [4.69, 9.17) is 18.6 Å². The highest BCUT2D eigenvalue weighted by Crippen LogP contribution is 2.43. The van der Waals surface area contributed by atoms with E-state index in [1.165, 1.54) is 11.1 Å². The SMILES string of the molecule is CC[C@H]1O[C@@H]2c3ccoc3CO[C@@H]2[C@H]1OCc1ccccc1C. The van der Waals surface area contributed by atoms with Gasteiger partial charge in [0.05, 0.1) is 19.0 Å². The van der Waals surface area contributed by atoms with Crippen LogP contribution in [0.2, 0.25) is 0 Å². The van der Waals surface area contributed by atoms with Gasteiger partial charge >= 0.3 is 0 Å². The largest absolute Gasteiger partial charge is 0.466 e. The lowest BCUT2D eigenvalue weighted by molar-refractivity contribution is -0.0905. The van der Waals surface area contributed by atoms with Crippen molar-refractivity contribution in [3.8, 4) is 0 Å². The molecule has 0 radical (unpaired) electrons. The minimum atomic E-state index is -0.0793. The molecule has 1 aromatic carbocycles. The fourth-order valence-electron chi connectivity index (χ4n) is 3.54. The topological polar surface area (TPSA) is 40.8 Å². The standard InChI is InChI=1S/C19H22O4/c1-3-15-18(21-10-13-7-5-4-6-12(13)2)19-17(23-15)14-8-9-20-16(14)11-22-19/h4-9,15,17-19H,3,10-11H2,1-2H3/t15-,17-,18+,19+/m1/s1. The van der Waals surface area contributed by atoms with Gasteiger partial charge in [0.2, 0.25) is 0 Å². The van der Waals surface area contributed by atoms with E-state index in [9.17, 15) is 0 Å². The molecule has 2 aliphatic heterocycles. The molecule has 4 heteroatoms. The predicted molar refractivity (Wildman–Crippen MR) is 84.9 cm³/mol. The lowest BCUT2D eigenvalue weighted by Crippen LogP contribution is -2.37. The van der Waals surface area contributed by atoms with Crippen molar-refractivity contribution in [3.05, 3.63) is 59.0 Å². The second-order valence-corrected chi connectivity index (χ2v) is 6.28. The Labute approximate surface area is 136 Å². The summed E-state index contributed by atoms with van der Waals surface area (Å²) in [5.41, 5.74) is 3.57. The van der Waals surface area contributed by atoms with E-state index in [1.54, 1.807) is 6.26 Å². The van der Waals surface area contributed by atoms with Gasteiger partial charge in [0.1, 0.15) is 30.7 Å². The smallest absolute Gasteiger partial charge is 0.135 e. The molecule has 0 amide bonds. The summed E-state index contributed by atoms with van der Waals surface area (Å²) < 4.78 is 23.9. The van der Waals surface area contributed by atoms with Crippen molar-refractivity contribution < 1.29 is 18.6 Å². The third-order valence-corrected chi connectivity index (χ3v) is 4.90. The maximum absolute atomic E-state index is 6.25. The highest BCUT2D eigenvalue weighted by Gasteiger charge is 2.49. The zero-order valence-corrected chi connectivity index (χ0v) is 13.5. The molecule has 4 nitrogen and oxygen atoms in total. The molecular formula is C19H22O4. The fraction of sp³-hybridized carbons (Fsp3) is 0.474. The molecule has 122 valence electrons. The molecule has 1 aromatic heterocycles. The van der Waals surface area contributed by atoms with E-state index >= 15 is 0 Å². The van der Waals surface area contributed by atoms with E-state index in [-0.39, 0.29) is 24.4 Å². The molecule has 0 N–H and O–H groups in total. The second kappa shape index (κ2) is 6.11. The van der Waals surface area contributed by atoms with Gasteiger partial charge in [0.15, 0.2) is 0 Å². The Morgan fingerprint density at radius 1 is 1.22 bits per heavy atom. The Hall–Kier alpha value is -1.62. The third kappa shape index (κ3) is 2.61. The maximum atomic E-state index is 6.25. The second-order valence-electron chi connectivity index (χ2n) is 6.28. The van der Waals surface area contributed by atoms with E-state index in [2.05, 4.69) is 26.0 Å². The summed E-state index contributed by atoms with van der Waals surface area (Å²) in [7, 11) is 0. The Balaban J connectivity index is 1.53. The number of rotatable bonds is 4. The zero-order chi connectivity index (χ0) is 15.8. The van der Waals surface area contributed by atoms with Crippen molar-refractivity contribution in [2.75, 3.05) is 0 Å². The van der Waals surface area contributed by atoms with Gasteiger partial charge in [-0.05, 0) is 30.5 Å². The van der Waals surface area contributed by atoms with Crippen LogP contribution >= 0.6 is 0 Å². The van der Waals surface area contributed by atoms with Gasteiger partial charge in [-0.25, -0.2) is 0 Å². The van der Waals surface area contributed by atoms with Gasteiger partial charge in [-0.3, -0.25) is 0 Å². The molecule has 1 saturated heterocycles. The molecule has 23 heavy (non-hydrogen) atoms. The number of aryl methyl sites for hydroxylation is 1. The predicted octanol–water partition coefficient (Wildman–Crippen LogP) is 3.92. The number of fused-ring (bicyclic) bond motifs is 3. The monoisotopic (exact) mass is 314 g/mol. The van der Waals surface area contributed by atoms with Crippen molar-refractivity contribution in [1.29, 1.82) is 0 Å². The average Bonchev–Trinajstić information content (AvgIpc) is 3.17. The summed E-state index contributed by atoms with van der Waals surface area (Å²) in [5.74, 6) is 0.876. The van der Waals surface area contributed by atoms with Crippen LogP contribution in [-0.4, -0.2) is 18.3 Å².